The highest BCUT2D eigenvalue weighted by atomic mass is 16.2. The molecule has 1 heterocycles. The van der Waals surface area contributed by atoms with Crippen LogP contribution in [0.5, 0.6) is 0 Å². The summed E-state index contributed by atoms with van der Waals surface area (Å²) in [5, 5.41) is 3.18. The van der Waals surface area contributed by atoms with Gasteiger partial charge < -0.3 is 5.32 Å². The monoisotopic (exact) mass is 294 g/mol. The molecule has 1 unspecified atom stereocenters. The zero-order valence-corrected chi connectivity index (χ0v) is 12.5. The minimum Gasteiger partial charge on any atom is -0.301 e. The standard InChI is InChI=1S/C18H18N2O2/c1-13-7-9-15(10-8-13)20-17(21)11-16(18(20)22)19-12-14-5-3-2-4-6-14/h2-10,16,19H,11-12H2,1H3. The van der Waals surface area contributed by atoms with Crippen molar-refractivity contribution in [1.29, 1.82) is 0 Å². The first kappa shape index (κ1) is 14.5. The molecule has 0 radical (unpaired) electrons. The lowest BCUT2D eigenvalue weighted by molar-refractivity contribution is -0.121. The van der Waals surface area contributed by atoms with E-state index in [-0.39, 0.29) is 18.2 Å². The van der Waals surface area contributed by atoms with E-state index < -0.39 is 6.04 Å². The van der Waals surface area contributed by atoms with E-state index in [0.29, 0.717) is 12.2 Å². The van der Waals surface area contributed by atoms with Gasteiger partial charge in [0, 0.05) is 6.54 Å². The van der Waals surface area contributed by atoms with Crippen LogP contribution in [-0.4, -0.2) is 17.9 Å². The van der Waals surface area contributed by atoms with Crippen LogP contribution < -0.4 is 10.2 Å². The van der Waals surface area contributed by atoms with Crippen molar-refractivity contribution in [3.05, 3.63) is 65.7 Å². The fourth-order valence-corrected chi connectivity index (χ4v) is 2.59. The maximum absolute atomic E-state index is 12.5. The first-order chi connectivity index (χ1) is 10.6. The van der Waals surface area contributed by atoms with Crippen molar-refractivity contribution in [2.45, 2.75) is 25.9 Å². The van der Waals surface area contributed by atoms with Crippen LogP contribution in [0.15, 0.2) is 54.6 Å². The van der Waals surface area contributed by atoms with E-state index in [1.165, 1.54) is 4.90 Å². The number of benzene rings is 2. The number of rotatable bonds is 4. The summed E-state index contributed by atoms with van der Waals surface area (Å²) in [5.41, 5.74) is 2.84. The number of nitrogens with zero attached hydrogens (tertiary/aromatic N) is 1. The molecular formula is C18H18N2O2. The van der Waals surface area contributed by atoms with E-state index >= 15 is 0 Å². The Balaban J connectivity index is 1.70. The summed E-state index contributed by atoms with van der Waals surface area (Å²) in [4.78, 5) is 25.9. The number of imide groups is 1. The summed E-state index contributed by atoms with van der Waals surface area (Å²) in [6.45, 7) is 2.55. The number of carbonyl (C=O) groups excluding carboxylic acids is 2. The minimum absolute atomic E-state index is 0.153. The van der Waals surface area contributed by atoms with Gasteiger partial charge >= 0.3 is 0 Å². The SMILES string of the molecule is Cc1ccc(N2C(=O)CC(NCc3ccccc3)C2=O)cc1. The number of aryl methyl sites for hydroxylation is 1. The Morgan fingerprint density at radius 3 is 2.41 bits per heavy atom. The highest BCUT2D eigenvalue weighted by molar-refractivity contribution is 6.22. The van der Waals surface area contributed by atoms with Crippen LogP contribution in [0.4, 0.5) is 5.69 Å². The lowest BCUT2D eigenvalue weighted by Crippen LogP contribution is -2.38. The lowest BCUT2D eigenvalue weighted by atomic mass is 10.2. The number of anilines is 1. The number of carbonyl (C=O) groups is 2. The van der Waals surface area contributed by atoms with Gasteiger partial charge in [0.15, 0.2) is 0 Å². The van der Waals surface area contributed by atoms with Crippen molar-refractivity contribution in [2.75, 3.05) is 4.90 Å². The molecular weight excluding hydrogens is 276 g/mol. The molecule has 2 aromatic carbocycles. The van der Waals surface area contributed by atoms with Crippen molar-refractivity contribution in [3.8, 4) is 0 Å². The second-order valence-corrected chi connectivity index (χ2v) is 5.53. The highest BCUT2D eigenvalue weighted by Crippen LogP contribution is 2.23. The van der Waals surface area contributed by atoms with Gasteiger partial charge in [-0.1, -0.05) is 48.0 Å². The molecule has 1 fully saturated rings. The second kappa shape index (κ2) is 6.12. The summed E-state index contributed by atoms with van der Waals surface area (Å²) in [7, 11) is 0. The number of nitrogens with one attached hydrogen (secondary N) is 1. The van der Waals surface area contributed by atoms with Gasteiger partial charge in [0.05, 0.1) is 18.2 Å². The molecule has 0 aliphatic carbocycles. The molecule has 2 aromatic rings. The Morgan fingerprint density at radius 2 is 1.73 bits per heavy atom. The molecule has 2 amide bonds. The molecule has 0 aromatic heterocycles. The summed E-state index contributed by atoms with van der Waals surface area (Å²) in [5.74, 6) is -0.329. The zero-order valence-electron chi connectivity index (χ0n) is 12.5. The summed E-state index contributed by atoms with van der Waals surface area (Å²) >= 11 is 0. The second-order valence-electron chi connectivity index (χ2n) is 5.53. The number of amides is 2. The van der Waals surface area contributed by atoms with Crippen molar-refractivity contribution < 1.29 is 9.59 Å². The molecule has 1 N–H and O–H groups in total. The molecule has 22 heavy (non-hydrogen) atoms. The van der Waals surface area contributed by atoms with Gasteiger partial charge in [0.25, 0.3) is 5.91 Å². The Bertz CT molecular complexity index is 680. The maximum Gasteiger partial charge on any atom is 0.251 e. The van der Waals surface area contributed by atoms with Crippen LogP contribution in [0, 0.1) is 6.92 Å². The Kier molecular flexibility index (Phi) is 4.02. The van der Waals surface area contributed by atoms with Crippen LogP contribution in [0.3, 0.4) is 0 Å². The van der Waals surface area contributed by atoms with Gasteiger partial charge in [-0.2, -0.15) is 0 Å². The molecule has 0 bridgehead atoms. The van der Waals surface area contributed by atoms with E-state index in [1.807, 2.05) is 61.5 Å². The predicted molar refractivity (Wildman–Crippen MR) is 85.4 cm³/mol. The molecule has 0 spiro atoms. The van der Waals surface area contributed by atoms with Crippen molar-refractivity contribution in [3.63, 3.8) is 0 Å². The van der Waals surface area contributed by atoms with Crippen LogP contribution >= 0.6 is 0 Å². The first-order valence-corrected chi connectivity index (χ1v) is 7.36. The normalized spacial score (nSPS) is 18.0. The third-order valence-electron chi connectivity index (χ3n) is 3.83. The number of hydrogen-bond donors (Lipinski definition) is 1. The van der Waals surface area contributed by atoms with Crippen LogP contribution in [-0.2, 0) is 16.1 Å². The molecule has 3 rings (SSSR count). The number of hydrogen-bond acceptors (Lipinski definition) is 3. The summed E-state index contributed by atoms with van der Waals surface area (Å²) in [6.07, 6.45) is 0.208. The maximum atomic E-state index is 12.5. The lowest BCUT2D eigenvalue weighted by Gasteiger charge is -2.15. The Morgan fingerprint density at radius 1 is 1.05 bits per heavy atom. The fourth-order valence-electron chi connectivity index (χ4n) is 2.59. The zero-order chi connectivity index (χ0) is 15.5. The van der Waals surface area contributed by atoms with E-state index in [2.05, 4.69) is 5.32 Å². The van der Waals surface area contributed by atoms with Gasteiger partial charge in [-0.25, -0.2) is 4.90 Å². The van der Waals surface area contributed by atoms with Gasteiger partial charge in [-0.3, -0.25) is 9.59 Å². The van der Waals surface area contributed by atoms with Crippen molar-refractivity contribution >= 4 is 17.5 Å². The average Bonchev–Trinajstić information content (AvgIpc) is 2.82. The fraction of sp³-hybridized carbons (Fsp3) is 0.222. The van der Waals surface area contributed by atoms with Gasteiger partial charge in [0.1, 0.15) is 0 Å². The Hall–Kier alpha value is -2.46. The molecule has 4 nitrogen and oxygen atoms in total. The van der Waals surface area contributed by atoms with Crippen molar-refractivity contribution in [2.24, 2.45) is 0 Å². The van der Waals surface area contributed by atoms with E-state index in [4.69, 9.17) is 0 Å². The molecule has 4 heteroatoms. The van der Waals surface area contributed by atoms with Gasteiger partial charge in [-0.15, -0.1) is 0 Å². The van der Waals surface area contributed by atoms with Gasteiger partial charge in [-0.05, 0) is 24.6 Å². The third kappa shape index (κ3) is 2.92. The topological polar surface area (TPSA) is 49.4 Å². The highest BCUT2D eigenvalue weighted by Gasteiger charge is 2.39. The van der Waals surface area contributed by atoms with Crippen LogP contribution in [0.25, 0.3) is 0 Å². The smallest absolute Gasteiger partial charge is 0.251 e. The molecule has 1 aliphatic rings. The first-order valence-electron chi connectivity index (χ1n) is 7.36. The summed E-state index contributed by atoms with van der Waals surface area (Å²) < 4.78 is 0. The van der Waals surface area contributed by atoms with Crippen LogP contribution in [0.2, 0.25) is 0 Å². The Labute approximate surface area is 129 Å². The molecule has 0 saturated carbocycles. The van der Waals surface area contributed by atoms with E-state index in [9.17, 15) is 9.59 Å². The predicted octanol–water partition coefficient (Wildman–Crippen LogP) is 2.42. The summed E-state index contributed by atoms with van der Waals surface area (Å²) in [6, 6.07) is 16.8. The van der Waals surface area contributed by atoms with E-state index in [0.717, 1.165) is 11.1 Å². The van der Waals surface area contributed by atoms with Gasteiger partial charge in [0.2, 0.25) is 5.91 Å². The molecule has 1 saturated heterocycles. The van der Waals surface area contributed by atoms with Crippen molar-refractivity contribution in [1.82, 2.24) is 5.32 Å². The average molecular weight is 294 g/mol. The van der Waals surface area contributed by atoms with E-state index in [1.54, 1.807) is 0 Å². The quantitative estimate of drug-likeness (QED) is 0.881. The van der Waals surface area contributed by atoms with Crippen LogP contribution in [0.1, 0.15) is 17.5 Å². The molecule has 1 aliphatic heterocycles. The molecule has 112 valence electrons. The minimum atomic E-state index is -0.450. The largest absolute Gasteiger partial charge is 0.301 e. The molecule has 1 atom stereocenters. The third-order valence-corrected chi connectivity index (χ3v) is 3.83.